The maximum absolute atomic E-state index is 11.4. The summed E-state index contributed by atoms with van der Waals surface area (Å²) in [5.41, 5.74) is 3.14. The molecule has 0 amide bonds. The van der Waals surface area contributed by atoms with Crippen molar-refractivity contribution in [1.29, 1.82) is 0 Å². The minimum absolute atomic E-state index is 0.182. The lowest BCUT2D eigenvalue weighted by Crippen LogP contribution is -2.04. The fourth-order valence-corrected chi connectivity index (χ4v) is 2.27. The first-order valence-corrected chi connectivity index (χ1v) is 6.81. The molecular weight excluding hydrogens is 264 g/mol. The van der Waals surface area contributed by atoms with Gasteiger partial charge >= 0.3 is 5.97 Å². The standard InChI is InChI=1S/C18H18O3/c1-21-13-17(18(19)20)16-10-6-5-9-15(16)12-11-14-7-3-2-4-8-14/h2-10,13H,11-12H2,1H3,(H,19,20). The molecule has 2 aromatic carbocycles. The molecule has 0 aliphatic carbocycles. The predicted molar refractivity (Wildman–Crippen MR) is 82.9 cm³/mol. The van der Waals surface area contributed by atoms with Crippen LogP contribution < -0.4 is 0 Å². The lowest BCUT2D eigenvalue weighted by molar-refractivity contribution is -0.130. The van der Waals surface area contributed by atoms with Crippen molar-refractivity contribution in [2.75, 3.05) is 7.11 Å². The van der Waals surface area contributed by atoms with Crippen LogP contribution in [-0.2, 0) is 22.4 Å². The smallest absolute Gasteiger partial charge is 0.339 e. The molecule has 1 N–H and O–H groups in total. The van der Waals surface area contributed by atoms with Gasteiger partial charge in [0.1, 0.15) is 5.57 Å². The number of benzene rings is 2. The first kappa shape index (κ1) is 14.9. The zero-order chi connectivity index (χ0) is 15.1. The minimum Gasteiger partial charge on any atom is -0.503 e. The highest BCUT2D eigenvalue weighted by molar-refractivity contribution is 6.15. The zero-order valence-corrected chi connectivity index (χ0v) is 12.0. The molecule has 0 saturated carbocycles. The highest BCUT2D eigenvalue weighted by Crippen LogP contribution is 2.21. The van der Waals surface area contributed by atoms with E-state index in [2.05, 4.69) is 12.1 Å². The van der Waals surface area contributed by atoms with Crippen LogP contribution >= 0.6 is 0 Å². The Morgan fingerprint density at radius 1 is 1.05 bits per heavy atom. The third-order valence-corrected chi connectivity index (χ3v) is 3.30. The van der Waals surface area contributed by atoms with Crippen LogP contribution in [0.25, 0.3) is 5.57 Å². The number of hydrogen-bond donors (Lipinski definition) is 1. The predicted octanol–water partition coefficient (Wildman–Crippen LogP) is 3.54. The second kappa shape index (κ2) is 7.29. The summed E-state index contributed by atoms with van der Waals surface area (Å²) in [7, 11) is 1.45. The minimum atomic E-state index is -0.982. The summed E-state index contributed by atoms with van der Waals surface area (Å²) in [5.74, 6) is -0.982. The van der Waals surface area contributed by atoms with Gasteiger partial charge in [0.15, 0.2) is 0 Å². The summed E-state index contributed by atoms with van der Waals surface area (Å²) in [5, 5.41) is 9.32. The van der Waals surface area contributed by atoms with Crippen LogP contribution in [0.4, 0.5) is 0 Å². The quantitative estimate of drug-likeness (QED) is 0.651. The molecule has 0 radical (unpaired) electrons. The average Bonchev–Trinajstić information content (AvgIpc) is 2.52. The van der Waals surface area contributed by atoms with Crippen molar-refractivity contribution in [3.05, 3.63) is 77.5 Å². The van der Waals surface area contributed by atoms with E-state index in [1.54, 1.807) is 0 Å². The second-order valence-electron chi connectivity index (χ2n) is 4.72. The van der Waals surface area contributed by atoms with Gasteiger partial charge in [-0.1, -0.05) is 54.6 Å². The first-order valence-electron chi connectivity index (χ1n) is 6.81. The van der Waals surface area contributed by atoms with Crippen LogP contribution in [0.1, 0.15) is 16.7 Å². The van der Waals surface area contributed by atoms with E-state index in [9.17, 15) is 9.90 Å². The van der Waals surface area contributed by atoms with E-state index in [0.29, 0.717) is 5.56 Å². The topological polar surface area (TPSA) is 46.5 Å². The monoisotopic (exact) mass is 282 g/mol. The highest BCUT2D eigenvalue weighted by Gasteiger charge is 2.14. The van der Waals surface area contributed by atoms with E-state index < -0.39 is 5.97 Å². The van der Waals surface area contributed by atoms with Crippen molar-refractivity contribution in [2.24, 2.45) is 0 Å². The van der Waals surface area contributed by atoms with E-state index in [1.807, 2.05) is 42.5 Å². The van der Waals surface area contributed by atoms with E-state index in [-0.39, 0.29) is 5.57 Å². The molecule has 0 aromatic heterocycles. The molecular formula is C18H18O3. The third-order valence-electron chi connectivity index (χ3n) is 3.30. The lowest BCUT2D eigenvalue weighted by atomic mass is 9.95. The van der Waals surface area contributed by atoms with E-state index >= 15 is 0 Å². The van der Waals surface area contributed by atoms with Crippen molar-refractivity contribution >= 4 is 11.5 Å². The molecule has 108 valence electrons. The number of aryl methyl sites for hydroxylation is 2. The molecule has 0 spiro atoms. The van der Waals surface area contributed by atoms with Crippen LogP contribution in [0, 0.1) is 0 Å². The second-order valence-corrected chi connectivity index (χ2v) is 4.72. The Morgan fingerprint density at radius 2 is 1.71 bits per heavy atom. The molecule has 3 heteroatoms. The Balaban J connectivity index is 2.24. The van der Waals surface area contributed by atoms with Gasteiger partial charge in [-0.05, 0) is 29.5 Å². The molecule has 21 heavy (non-hydrogen) atoms. The van der Waals surface area contributed by atoms with Crippen LogP contribution in [0.15, 0.2) is 60.9 Å². The van der Waals surface area contributed by atoms with Crippen LogP contribution in [-0.4, -0.2) is 18.2 Å². The molecule has 0 aliphatic rings. The fourth-order valence-electron chi connectivity index (χ4n) is 2.27. The number of carboxylic acid groups (broad SMARTS) is 1. The van der Waals surface area contributed by atoms with Gasteiger partial charge in [0.25, 0.3) is 0 Å². The maximum Gasteiger partial charge on any atom is 0.339 e. The largest absolute Gasteiger partial charge is 0.503 e. The Labute approximate surface area is 124 Å². The number of ether oxygens (including phenoxy) is 1. The molecule has 2 rings (SSSR count). The van der Waals surface area contributed by atoms with E-state index in [0.717, 1.165) is 18.4 Å². The summed E-state index contributed by atoms with van der Waals surface area (Å²) < 4.78 is 4.89. The summed E-state index contributed by atoms with van der Waals surface area (Å²) in [6.45, 7) is 0. The molecule has 0 saturated heterocycles. The number of hydrogen-bond acceptors (Lipinski definition) is 2. The fraction of sp³-hybridized carbons (Fsp3) is 0.167. The normalized spacial score (nSPS) is 11.2. The van der Waals surface area contributed by atoms with Gasteiger partial charge < -0.3 is 9.84 Å². The Bertz CT molecular complexity index is 630. The van der Waals surface area contributed by atoms with Crippen molar-refractivity contribution in [3.8, 4) is 0 Å². The SMILES string of the molecule is COC=C(C(=O)O)c1ccccc1CCc1ccccc1. The van der Waals surface area contributed by atoms with Crippen LogP contribution in [0.3, 0.4) is 0 Å². The molecule has 2 aromatic rings. The number of rotatable bonds is 6. The van der Waals surface area contributed by atoms with Gasteiger partial charge in [-0.15, -0.1) is 0 Å². The Morgan fingerprint density at radius 3 is 2.38 bits per heavy atom. The third kappa shape index (κ3) is 3.96. The molecule has 0 unspecified atom stereocenters. The Kier molecular flexibility index (Phi) is 5.16. The lowest BCUT2D eigenvalue weighted by Gasteiger charge is -2.10. The summed E-state index contributed by atoms with van der Waals surface area (Å²) in [4.78, 5) is 11.4. The number of aliphatic carboxylic acids is 1. The molecule has 0 aliphatic heterocycles. The number of methoxy groups -OCH3 is 1. The van der Waals surface area contributed by atoms with Gasteiger partial charge in [-0.3, -0.25) is 0 Å². The summed E-state index contributed by atoms with van der Waals surface area (Å²) >= 11 is 0. The van der Waals surface area contributed by atoms with Gasteiger partial charge in [0.2, 0.25) is 0 Å². The van der Waals surface area contributed by atoms with Crippen molar-refractivity contribution in [3.63, 3.8) is 0 Å². The maximum atomic E-state index is 11.4. The van der Waals surface area contributed by atoms with E-state index in [1.165, 1.54) is 18.9 Å². The first-order chi connectivity index (χ1) is 10.2. The van der Waals surface area contributed by atoms with Gasteiger partial charge in [-0.2, -0.15) is 0 Å². The van der Waals surface area contributed by atoms with E-state index in [4.69, 9.17) is 4.74 Å². The molecule has 0 bridgehead atoms. The van der Waals surface area contributed by atoms with Gasteiger partial charge in [0, 0.05) is 0 Å². The molecule has 0 atom stereocenters. The molecule has 3 nitrogen and oxygen atoms in total. The van der Waals surface area contributed by atoms with Crippen molar-refractivity contribution in [1.82, 2.24) is 0 Å². The zero-order valence-electron chi connectivity index (χ0n) is 12.0. The van der Waals surface area contributed by atoms with Crippen molar-refractivity contribution in [2.45, 2.75) is 12.8 Å². The van der Waals surface area contributed by atoms with Gasteiger partial charge in [0.05, 0.1) is 13.4 Å². The average molecular weight is 282 g/mol. The van der Waals surface area contributed by atoms with Crippen molar-refractivity contribution < 1.29 is 14.6 Å². The van der Waals surface area contributed by atoms with Crippen LogP contribution in [0.5, 0.6) is 0 Å². The summed E-state index contributed by atoms with van der Waals surface area (Å²) in [6.07, 6.45) is 2.94. The number of carboxylic acids is 1. The molecule has 0 heterocycles. The van der Waals surface area contributed by atoms with Crippen LogP contribution in [0.2, 0.25) is 0 Å². The molecule has 0 fully saturated rings. The summed E-state index contributed by atoms with van der Waals surface area (Å²) in [6, 6.07) is 17.7. The highest BCUT2D eigenvalue weighted by atomic mass is 16.5. The van der Waals surface area contributed by atoms with Gasteiger partial charge in [-0.25, -0.2) is 4.79 Å². The Hall–Kier alpha value is -2.55. The number of carbonyl (C=O) groups is 1.